The van der Waals surface area contributed by atoms with Gasteiger partial charge in [-0.05, 0) is 64.7 Å². The summed E-state index contributed by atoms with van der Waals surface area (Å²) in [6, 6.07) is 0. The van der Waals surface area contributed by atoms with Gasteiger partial charge in [-0.1, -0.05) is 90.4 Å². The highest BCUT2D eigenvalue weighted by atomic mass is 16.6. The van der Waals surface area contributed by atoms with E-state index in [4.69, 9.17) is 14.2 Å². The number of cyclic esters (lactones) is 1. The van der Waals surface area contributed by atoms with Crippen LogP contribution < -0.4 is 0 Å². The molecule has 0 spiro atoms. The molecule has 3 aliphatic rings. The van der Waals surface area contributed by atoms with Crippen molar-refractivity contribution < 1.29 is 34.0 Å². The first-order chi connectivity index (χ1) is 20.4. The van der Waals surface area contributed by atoms with Crippen LogP contribution in [0.5, 0.6) is 0 Å². The zero-order chi connectivity index (χ0) is 30.2. The molecule has 8 atom stereocenters. The molecule has 0 amide bonds. The van der Waals surface area contributed by atoms with E-state index < -0.39 is 6.10 Å². The largest absolute Gasteiger partial charge is 0.462 e. The van der Waals surface area contributed by atoms with Crippen LogP contribution in [0.1, 0.15) is 162 Å². The first kappa shape index (κ1) is 35.5. The highest BCUT2D eigenvalue weighted by molar-refractivity contribution is 5.83. The minimum absolute atomic E-state index is 0.0162. The molecule has 0 unspecified atom stereocenters. The molecule has 7 heteroatoms. The Balaban J connectivity index is 1.16. The third-order valence-corrected chi connectivity index (χ3v) is 9.77. The molecule has 42 heavy (non-hydrogen) atoms. The lowest BCUT2D eigenvalue weighted by atomic mass is 9.96. The summed E-state index contributed by atoms with van der Waals surface area (Å²) >= 11 is 0. The third-order valence-electron chi connectivity index (χ3n) is 9.77. The smallest absolute Gasteiger partial charge is 0.309 e. The van der Waals surface area contributed by atoms with Crippen molar-refractivity contribution in [2.24, 2.45) is 5.92 Å². The molecule has 0 saturated carbocycles. The Morgan fingerprint density at radius 2 is 1.21 bits per heavy atom. The molecule has 3 rings (SSSR count). The molecule has 0 bridgehead atoms. The van der Waals surface area contributed by atoms with Crippen molar-refractivity contribution in [3.63, 3.8) is 0 Å². The fraction of sp³-hybridized carbons (Fsp3) is 0.943. The van der Waals surface area contributed by atoms with Crippen LogP contribution in [0.15, 0.2) is 0 Å². The predicted octanol–water partition coefficient (Wildman–Crippen LogP) is 7.37. The van der Waals surface area contributed by atoms with E-state index in [1.807, 2.05) is 0 Å². The van der Waals surface area contributed by atoms with Crippen LogP contribution in [-0.2, 0) is 23.8 Å². The Hall–Kier alpha value is -1.02. The minimum atomic E-state index is -0.417. The maximum Gasteiger partial charge on any atom is 0.309 e. The Morgan fingerprint density at radius 1 is 0.738 bits per heavy atom. The number of aliphatic hydroxyl groups excluding tert-OH is 2. The molecule has 3 aliphatic heterocycles. The van der Waals surface area contributed by atoms with E-state index in [1.165, 1.54) is 51.9 Å². The van der Waals surface area contributed by atoms with E-state index in [2.05, 4.69) is 6.92 Å². The second-order valence-corrected chi connectivity index (χ2v) is 13.6. The molecule has 0 aliphatic carbocycles. The number of unbranched alkanes of at least 4 members (excludes halogenated alkanes) is 12. The first-order valence-corrected chi connectivity index (χ1v) is 17.7. The summed E-state index contributed by atoms with van der Waals surface area (Å²) in [7, 11) is 0. The topological polar surface area (TPSA) is 102 Å². The minimum Gasteiger partial charge on any atom is -0.462 e. The fourth-order valence-electron chi connectivity index (χ4n) is 7.20. The Morgan fingerprint density at radius 3 is 1.71 bits per heavy atom. The van der Waals surface area contributed by atoms with Crippen LogP contribution in [0.2, 0.25) is 0 Å². The average Bonchev–Trinajstić information content (AvgIpc) is 3.72. The number of ketones is 1. The van der Waals surface area contributed by atoms with Gasteiger partial charge < -0.3 is 29.2 Å². The van der Waals surface area contributed by atoms with Crippen LogP contribution >= 0.6 is 0 Å². The molecular weight excluding hydrogens is 532 g/mol. The van der Waals surface area contributed by atoms with Crippen molar-refractivity contribution in [1.29, 1.82) is 0 Å². The summed E-state index contributed by atoms with van der Waals surface area (Å²) in [6.07, 6.45) is 23.1. The number of aliphatic hydroxyl groups is 2. The number of carbonyl (C=O) groups excluding carboxylic acids is 2. The lowest BCUT2D eigenvalue weighted by Gasteiger charge is -2.24. The zero-order valence-corrected chi connectivity index (χ0v) is 26.8. The summed E-state index contributed by atoms with van der Waals surface area (Å²) in [5.74, 6) is -0.379. The number of hydrogen-bond donors (Lipinski definition) is 2. The lowest BCUT2D eigenvalue weighted by Crippen LogP contribution is -2.33. The molecule has 7 nitrogen and oxygen atoms in total. The zero-order valence-electron chi connectivity index (χ0n) is 26.8. The number of Topliss-reactive ketones (excluding diaryl/α,β-unsaturated/α-hetero) is 1. The van der Waals surface area contributed by atoms with Gasteiger partial charge in [0.15, 0.2) is 0 Å². The maximum atomic E-state index is 11.9. The van der Waals surface area contributed by atoms with E-state index in [0.717, 1.165) is 89.9 Å². The molecule has 3 heterocycles. The number of hydrogen-bond acceptors (Lipinski definition) is 7. The summed E-state index contributed by atoms with van der Waals surface area (Å²) < 4.78 is 18.0. The molecule has 0 aromatic carbocycles. The van der Waals surface area contributed by atoms with Crippen LogP contribution in [0.25, 0.3) is 0 Å². The number of carbonyl (C=O) groups is 2. The van der Waals surface area contributed by atoms with Gasteiger partial charge in [0.25, 0.3) is 0 Å². The quantitative estimate of drug-likeness (QED) is 0.0941. The fourth-order valence-corrected chi connectivity index (χ4v) is 7.20. The highest BCUT2D eigenvalue weighted by Crippen LogP contribution is 2.35. The molecular formula is C35H62O7. The van der Waals surface area contributed by atoms with Crippen LogP contribution in [-0.4, -0.2) is 64.7 Å². The van der Waals surface area contributed by atoms with E-state index in [0.29, 0.717) is 12.8 Å². The van der Waals surface area contributed by atoms with Gasteiger partial charge in [0.2, 0.25) is 0 Å². The molecule has 0 radical (unpaired) electrons. The van der Waals surface area contributed by atoms with Gasteiger partial charge in [0.1, 0.15) is 11.9 Å². The highest BCUT2D eigenvalue weighted by Gasteiger charge is 2.40. The molecule has 3 fully saturated rings. The molecule has 2 N–H and O–H groups in total. The van der Waals surface area contributed by atoms with Gasteiger partial charge in [-0.25, -0.2) is 0 Å². The van der Waals surface area contributed by atoms with Crippen LogP contribution in [0.4, 0.5) is 0 Å². The normalized spacial score (nSPS) is 29.2. The van der Waals surface area contributed by atoms with Crippen LogP contribution in [0, 0.1) is 5.92 Å². The second-order valence-electron chi connectivity index (χ2n) is 13.6. The van der Waals surface area contributed by atoms with Gasteiger partial charge in [0.05, 0.1) is 42.5 Å². The summed E-state index contributed by atoms with van der Waals surface area (Å²) in [4.78, 5) is 23.1. The van der Waals surface area contributed by atoms with Crippen molar-refractivity contribution >= 4 is 11.8 Å². The summed E-state index contributed by atoms with van der Waals surface area (Å²) in [5, 5.41) is 21.4. The standard InChI is InChI=1S/C35H62O7/c1-3-4-5-6-7-8-12-15-18-29(37)31-20-22-33(41-31)34-23-21-32(42-34)30(38)19-16-13-10-9-11-14-17-28-25-27(24-26(2)36)35(39)40-28/h27-34,37-38H,3-25H2,1-2H3/t27-,28-,29+,30+,31+,32+,33+,34+/m0/s1. The van der Waals surface area contributed by atoms with E-state index in [9.17, 15) is 19.8 Å². The van der Waals surface area contributed by atoms with Gasteiger partial charge >= 0.3 is 5.97 Å². The van der Waals surface area contributed by atoms with Crippen molar-refractivity contribution in [3.05, 3.63) is 0 Å². The van der Waals surface area contributed by atoms with E-state index in [-0.39, 0.29) is 54.3 Å². The van der Waals surface area contributed by atoms with Gasteiger partial charge in [-0.2, -0.15) is 0 Å². The van der Waals surface area contributed by atoms with Crippen LogP contribution in [0.3, 0.4) is 0 Å². The van der Waals surface area contributed by atoms with Crippen molar-refractivity contribution in [3.8, 4) is 0 Å². The van der Waals surface area contributed by atoms with Gasteiger partial charge in [-0.15, -0.1) is 0 Å². The number of esters is 1. The Labute approximate surface area is 255 Å². The third kappa shape index (κ3) is 12.9. The SMILES string of the molecule is CCCCCCCCCC[C@@H](O)[C@H]1CC[C@H]([C@H]2CC[C@H]([C@H](O)CCCCCCCC[C@H]3C[C@H](CC(C)=O)C(=O)O3)O2)O1. The predicted molar refractivity (Wildman–Crippen MR) is 165 cm³/mol. The Kier molecular flexibility index (Phi) is 17.0. The lowest BCUT2D eigenvalue weighted by molar-refractivity contribution is -0.145. The average molecular weight is 595 g/mol. The summed E-state index contributed by atoms with van der Waals surface area (Å²) in [5.41, 5.74) is 0. The maximum absolute atomic E-state index is 11.9. The van der Waals surface area contributed by atoms with Crippen molar-refractivity contribution in [2.75, 3.05) is 0 Å². The number of rotatable bonds is 23. The van der Waals surface area contributed by atoms with Crippen molar-refractivity contribution in [1.82, 2.24) is 0 Å². The second kappa shape index (κ2) is 20.1. The first-order valence-electron chi connectivity index (χ1n) is 17.7. The monoisotopic (exact) mass is 594 g/mol. The Bertz CT molecular complexity index is 758. The molecule has 3 saturated heterocycles. The summed E-state index contributed by atoms with van der Waals surface area (Å²) in [6.45, 7) is 3.78. The molecule has 0 aromatic rings. The molecule has 244 valence electrons. The molecule has 0 aromatic heterocycles. The van der Waals surface area contributed by atoms with E-state index >= 15 is 0 Å². The van der Waals surface area contributed by atoms with Gasteiger partial charge in [0, 0.05) is 6.42 Å². The van der Waals surface area contributed by atoms with Crippen molar-refractivity contribution in [2.45, 2.75) is 204 Å². The van der Waals surface area contributed by atoms with E-state index in [1.54, 1.807) is 0 Å². The van der Waals surface area contributed by atoms with Gasteiger partial charge in [-0.3, -0.25) is 4.79 Å². The number of ether oxygens (including phenoxy) is 3.